The van der Waals surface area contributed by atoms with Gasteiger partial charge in [0.25, 0.3) is 0 Å². The second kappa shape index (κ2) is 4.88. The summed E-state index contributed by atoms with van der Waals surface area (Å²) in [6.45, 7) is 3.68. The highest BCUT2D eigenvalue weighted by Crippen LogP contribution is 2.26. The lowest BCUT2D eigenvalue weighted by Gasteiger charge is -2.31. The molecule has 0 aromatic carbocycles. The van der Waals surface area contributed by atoms with Gasteiger partial charge in [-0.1, -0.05) is 0 Å². The van der Waals surface area contributed by atoms with E-state index in [2.05, 4.69) is 21.0 Å². The van der Waals surface area contributed by atoms with Gasteiger partial charge >= 0.3 is 0 Å². The van der Waals surface area contributed by atoms with E-state index in [1.54, 1.807) is 10.9 Å². The summed E-state index contributed by atoms with van der Waals surface area (Å²) in [4.78, 5) is 12.5. The quantitative estimate of drug-likeness (QED) is 0.856. The molecule has 0 aliphatic carbocycles. The van der Waals surface area contributed by atoms with Gasteiger partial charge in [-0.2, -0.15) is 5.10 Å². The Labute approximate surface area is 108 Å². The lowest BCUT2D eigenvalue weighted by atomic mass is 9.85. The number of carbonyl (C=O) groups is 1. The van der Waals surface area contributed by atoms with Crippen molar-refractivity contribution in [3.05, 3.63) is 16.4 Å². The molecule has 2 rings (SSSR count). The number of nitrogens with zero attached hydrogens (tertiary/aromatic N) is 2. The first-order valence-electron chi connectivity index (χ1n) is 5.71. The molecule has 1 fully saturated rings. The molecule has 1 aliphatic heterocycles. The lowest BCUT2D eigenvalue weighted by Crippen LogP contribution is -2.52. The Morgan fingerprint density at radius 1 is 1.65 bits per heavy atom. The molecule has 0 bridgehead atoms. The van der Waals surface area contributed by atoms with Crippen molar-refractivity contribution >= 4 is 21.7 Å². The minimum absolute atomic E-state index is 0.0491. The summed E-state index contributed by atoms with van der Waals surface area (Å²) in [5.74, 6) is -0.0491. The molecule has 2 heterocycles. The number of carbonyl (C=O) groups excluding carboxylic acids is 1. The summed E-state index contributed by atoms with van der Waals surface area (Å²) in [6, 6.07) is 0. The van der Waals surface area contributed by atoms with Gasteiger partial charge in [-0.25, -0.2) is 0 Å². The van der Waals surface area contributed by atoms with E-state index in [4.69, 9.17) is 10.5 Å². The largest absolute Gasteiger partial charge is 0.381 e. The normalized spacial score (nSPS) is 19.2. The van der Waals surface area contributed by atoms with Crippen molar-refractivity contribution in [2.24, 2.45) is 5.73 Å². The highest BCUT2D eigenvalue weighted by Gasteiger charge is 2.38. The van der Waals surface area contributed by atoms with Crippen molar-refractivity contribution in [3.8, 4) is 0 Å². The molecule has 0 radical (unpaired) electrons. The van der Waals surface area contributed by atoms with Crippen molar-refractivity contribution in [2.75, 3.05) is 13.2 Å². The maximum Gasteiger partial charge on any atom is 0.201 e. The van der Waals surface area contributed by atoms with Gasteiger partial charge in [-0.05, 0) is 35.7 Å². The summed E-state index contributed by atoms with van der Waals surface area (Å²) in [5, 5.41) is 4.14. The minimum atomic E-state index is -0.812. The lowest BCUT2D eigenvalue weighted by molar-refractivity contribution is 0.0440. The highest BCUT2D eigenvalue weighted by atomic mass is 79.9. The van der Waals surface area contributed by atoms with Gasteiger partial charge in [0.05, 0.1) is 16.2 Å². The summed E-state index contributed by atoms with van der Waals surface area (Å²) < 4.78 is 7.64. The SMILES string of the molecule is CCn1ncc(Br)c1C(=O)C1(N)CCOCC1. The molecule has 5 nitrogen and oxygen atoms in total. The molecular weight excluding hydrogens is 286 g/mol. The van der Waals surface area contributed by atoms with E-state index in [-0.39, 0.29) is 5.78 Å². The number of Topliss-reactive ketones (excluding diaryl/α,β-unsaturated/α-hetero) is 1. The number of ketones is 1. The maximum absolute atomic E-state index is 12.5. The summed E-state index contributed by atoms with van der Waals surface area (Å²) in [6.07, 6.45) is 2.76. The second-order valence-electron chi connectivity index (χ2n) is 4.25. The standard InChI is InChI=1S/C11H16BrN3O2/c1-2-15-9(8(12)7-14-15)10(16)11(13)3-5-17-6-4-11/h7H,2-6,13H2,1H3. The average Bonchev–Trinajstić information content (AvgIpc) is 2.70. The first kappa shape index (κ1) is 12.7. The van der Waals surface area contributed by atoms with Crippen molar-refractivity contribution < 1.29 is 9.53 Å². The van der Waals surface area contributed by atoms with Crippen LogP contribution in [0.2, 0.25) is 0 Å². The van der Waals surface area contributed by atoms with E-state index in [0.29, 0.717) is 42.8 Å². The Morgan fingerprint density at radius 3 is 2.88 bits per heavy atom. The van der Waals surface area contributed by atoms with Gasteiger partial charge in [0.15, 0.2) is 0 Å². The van der Waals surface area contributed by atoms with E-state index in [0.717, 1.165) is 0 Å². The third-order valence-electron chi connectivity index (χ3n) is 3.15. The fraction of sp³-hybridized carbons (Fsp3) is 0.636. The van der Waals surface area contributed by atoms with Gasteiger partial charge in [0.1, 0.15) is 5.69 Å². The van der Waals surface area contributed by atoms with Crippen LogP contribution in [0.3, 0.4) is 0 Å². The van der Waals surface area contributed by atoms with Crippen LogP contribution >= 0.6 is 15.9 Å². The summed E-state index contributed by atoms with van der Waals surface area (Å²) in [7, 11) is 0. The fourth-order valence-electron chi connectivity index (χ4n) is 2.03. The van der Waals surface area contributed by atoms with Gasteiger partial charge in [-0.3, -0.25) is 9.48 Å². The molecule has 0 saturated carbocycles. The Morgan fingerprint density at radius 2 is 2.29 bits per heavy atom. The van der Waals surface area contributed by atoms with Crippen LogP contribution in [0.5, 0.6) is 0 Å². The Balaban J connectivity index is 2.32. The molecule has 0 atom stereocenters. The third kappa shape index (κ3) is 2.29. The van der Waals surface area contributed by atoms with Crippen LogP contribution in [-0.2, 0) is 11.3 Å². The highest BCUT2D eigenvalue weighted by molar-refractivity contribution is 9.10. The van der Waals surface area contributed by atoms with E-state index in [1.807, 2.05) is 6.92 Å². The zero-order chi connectivity index (χ0) is 12.5. The number of aryl methyl sites for hydroxylation is 1. The van der Waals surface area contributed by atoms with Crippen LogP contribution in [0.15, 0.2) is 10.7 Å². The predicted octanol–water partition coefficient (Wildman–Crippen LogP) is 1.36. The minimum Gasteiger partial charge on any atom is -0.381 e. The molecular formula is C11H16BrN3O2. The van der Waals surface area contributed by atoms with Crippen molar-refractivity contribution in [2.45, 2.75) is 31.8 Å². The number of aromatic nitrogens is 2. The second-order valence-corrected chi connectivity index (χ2v) is 5.11. The number of hydrogen-bond acceptors (Lipinski definition) is 4. The molecule has 6 heteroatoms. The third-order valence-corrected chi connectivity index (χ3v) is 3.73. The molecule has 1 aromatic heterocycles. The molecule has 1 saturated heterocycles. The van der Waals surface area contributed by atoms with E-state index >= 15 is 0 Å². The zero-order valence-electron chi connectivity index (χ0n) is 9.78. The first-order chi connectivity index (χ1) is 8.08. The Bertz CT molecular complexity index is 424. The number of hydrogen-bond donors (Lipinski definition) is 1. The number of nitrogens with two attached hydrogens (primary N) is 1. The summed E-state index contributed by atoms with van der Waals surface area (Å²) >= 11 is 3.36. The summed E-state index contributed by atoms with van der Waals surface area (Å²) in [5.41, 5.74) is 5.95. The van der Waals surface area contributed by atoms with Gasteiger partial charge in [0, 0.05) is 19.8 Å². The van der Waals surface area contributed by atoms with Crippen LogP contribution in [-0.4, -0.2) is 34.3 Å². The number of ether oxygens (including phenoxy) is 1. The molecule has 1 aromatic rings. The Kier molecular flexibility index (Phi) is 3.65. The average molecular weight is 302 g/mol. The molecule has 0 unspecified atom stereocenters. The van der Waals surface area contributed by atoms with Crippen LogP contribution in [0, 0.1) is 0 Å². The molecule has 0 spiro atoms. The molecule has 0 amide bonds. The monoisotopic (exact) mass is 301 g/mol. The first-order valence-corrected chi connectivity index (χ1v) is 6.50. The molecule has 2 N–H and O–H groups in total. The van der Waals surface area contributed by atoms with Gasteiger partial charge < -0.3 is 10.5 Å². The molecule has 17 heavy (non-hydrogen) atoms. The van der Waals surface area contributed by atoms with E-state index in [9.17, 15) is 4.79 Å². The zero-order valence-corrected chi connectivity index (χ0v) is 11.4. The van der Waals surface area contributed by atoms with Crippen LogP contribution in [0.25, 0.3) is 0 Å². The van der Waals surface area contributed by atoms with Gasteiger partial charge in [0.2, 0.25) is 5.78 Å². The van der Waals surface area contributed by atoms with Crippen molar-refractivity contribution in [1.82, 2.24) is 9.78 Å². The van der Waals surface area contributed by atoms with Crippen LogP contribution in [0.1, 0.15) is 30.3 Å². The Hall–Kier alpha value is -0.720. The fourth-order valence-corrected chi connectivity index (χ4v) is 2.50. The smallest absolute Gasteiger partial charge is 0.201 e. The maximum atomic E-state index is 12.5. The van der Waals surface area contributed by atoms with Crippen LogP contribution < -0.4 is 5.73 Å². The van der Waals surface area contributed by atoms with Crippen molar-refractivity contribution in [3.63, 3.8) is 0 Å². The van der Waals surface area contributed by atoms with Crippen molar-refractivity contribution in [1.29, 1.82) is 0 Å². The number of rotatable bonds is 3. The topological polar surface area (TPSA) is 70.1 Å². The van der Waals surface area contributed by atoms with E-state index < -0.39 is 5.54 Å². The van der Waals surface area contributed by atoms with Crippen LogP contribution in [0.4, 0.5) is 0 Å². The van der Waals surface area contributed by atoms with Gasteiger partial charge in [-0.15, -0.1) is 0 Å². The number of halogens is 1. The van der Waals surface area contributed by atoms with E-state index in [1.165, 1.54) is 0 Å². The predicted molar refractivity (Wildman–Crippen MR) is 66.9 cm³/mol. The molecule has 1 aliphatic rings. The molecule has 94 valence electrons.